The van der Waals surface area contributed by atoms with Crippen molar-refractivity contribution in [2.75, 3.05) is 24.3 Å². The van der Waals surface area contributed by atoms with Crippen LogP contribution in [0.3, 0.4) is 0 Å². The van der Waals surface area contributed by atoms with Crippen molar-refractivity contribution in [3.05, 3.63) is 40.5 Å². The summed E-state index contributed by atoms with van der Waals surface area (Å²) in [4.78, 5) is 12.3. The van der Waals surface area contributed by atoms with E-state index in [4.69, 9.17) is 16.3 Å². The Kier molecular flexibility index (Phi) is 6.37. The number of benzene rings is 1. The van der Waals surface area contributed by atoms with Crippen LogP contribution in [0, 0.1) is 6.92 Å². The summed E-state index contributed by atoms with van der Waals surface area (Å²) >= 11 is 6.07. The second-order valence-corrected chi connectivity index (χ2v) is 5.75. The Labute approximate surface area is 146 Å². The van der Waals surface area contributed by atoms with Gasteiger partial charge in [0.15, 0.2) is 5.69 Å². The molecule has 0 saturated heterocycles. The molecule has 0 bridgehead atoms. The van der Waals surface area contributed by atoms with Crippen LogP contribution in [0.25, 0.3) is 0 Å². The number of amides is 1. The molecule has 0 unspecified atom stereocenters. The fourth-order valence-electron chi connectivity index (χ4n) is 2.06. The average Bonchev–Trinajstić information content (AvgIpc) is 2.58. The van der Waals surface area contributed by atoms with Crippen LogP contribution in [-0.4, -0.2) is 29.8 Å². The molecule has 0 fully saturated rings. The molecule has 1 heterocycles. The Morgan fingerprint density at radius 2 is 2.08 bits per heavy atom. The van der Waals surface area contributed by atoms with E-state index in [1.807, 2.05) is 6.92 Å². The smallest absolute Gasteiger partial charge is 0.276 e. The predicted molar refractivity (Wildman–Crippen MR) is 96.1 cm³/mol. The van der Waals surface area contributed by atoms with Gasteiger partial charge in [-0.15, -0.1) is 10.2 Å². The number of hydrogen-bond acceptors (Lipinski definition) is 5. The van der Waals surface area contributed by atoms with Gasteiger partial charge in [0.25, 0.3) is 5.91 Å². The standard InChI is InChI=1S/C17H21ClN4O2/c1-4-5-8-19-16-7-6-13(21-22-16)17(23)20-14-9-11(2)12(18)10-15(14)24-3/h6-7,9-10H,4-5,8H2,1-3H3,(H,19,22)(H,20,23). The van der Waals surface area contributed by atoms with Crippen LogP contribution < -0.4 is 15.4 Å². The van der Waals surface area contributed by atoms with Crippen LogP contribution in [0.1, 0.15) is 35.8 Å². The summed E-state index contributed by atoms with van der Waals surface area (Å²) in [6.45, 7) is 4.81. The number of nitrogens with zero attached hydrogens (tertiary/aromatic N) is 2. The Hall–Kier alpha value is -2.34. The average molecular weight is 349 g/mol. The van der Waals surface area contributed by atoms with Gasteiger partial charge in [0, 0.05) is 17.6 Å². The first kappa shape index (κ1) is 18.0. The molecule has 128 valence electrons. The van der Waals surface area contributed by atoms with Crippen LogP contribution in [0.2, 0.25) is 5.02 Å². The first-order valence-corrected chi connectivity index (χ1v) is 8.16. The van der Waals surface area contributed by atoms with Crippen molar-refractivity contribution >= 4 is 29.0 Å². The SMILES string of the molecule is CCCCNc1ccc(C(=O)Nc2cc(C)c(Cl)cc2OC)nn1. The van der Waals surface area contributed by atoms with Crippen molar-refractivity contribution in [2.45, 2.75) is 26.7 Å². The number of aromatic nitrogens is 2. The Morgan fingerprint density at radius 3 is 2.71 bits per heavy atom. The summed E-state index contributed by atoms with van der Waals surface area (Å²) in [5.41, 5.74) is 1.61. The molecule has 0 aliphatic rings. The quantitative estimate of drug-likeness (QED) is 0.742. The molecule has 2 aromatic rings. The van der Waals surface area contributed by atoms with Gasteiger partial charge in [-0.3, -0.25) is 4.79 Å². The molecule has 24 heavy (non-hydrogen) atoms. The molecule has 0 aliphatic heterocycles. The Morgan fingerprint density at radius 1 is 1.29 bits per heavy atom. The lowest BCUT2D eigenvalue weighted by molar-refractivity contribution is 0.102. The highest BCUT2D eigenvalue weighted by Crippen LogP contribution is 2.31. The number of nitrogens with one attached hydrogen (secondary N) is 2. The summed E-state index contributed by atoms with van der Waals surface area (Å²) in [7, 11) is 1.52. The zero-order valence-electron chi connectivity index (χ0n) is 14.0. The number of carbonyl (C=O) groups is 1. The van der Waals surface area contributed by atoms with Gasteiger partial charge >= 0.3 is 0 Å². The second kappa shape index (κ2) is 8.49. The van der Waals surface area contributed by atoms with E-state index in [0.717, 1.165) is 24.9 Å². The van der Waals surface area contributed by atoms with Crippen molar-refractivity contribution in [3.8, 4) is 5.75 Å². The monoisotopic (exact) mass is 348 g/mol. The predicted octanol–water partition coefficient (Wildman–Crippen LogP) is 3.91. The van der Waals surface area contributed by atoms with Crippen molar-refractivity contribution < 1.29 is 9.53 Å². The van der Waals surface area contributed by atoms with Crippen molar-refractivity contribution in [1.29, 1.82) is 0 Å². The van der Waals surface area contributed by atoms with Gasteiger partial charge in [0.05, 0.1) is 12.8 Å². The van der Waals surface area contributed by atoms with E-state index >= 15 is 0 Å². The number of carbonyl (C=O) groups excluding carboxylic acids is 1. The molecule has 1 aromatic carbocycles. The zero-order chi connectivity index (χ0) is 17.5. The van der Waals surface area contributed by atoms with Crippen molar-refractivity contribution in [3.63, 3.8) is 0 Å². The molecule has 0 saturated carbocycles. The van der Waals surface area contributed by atoms with E-state index in [0.29, 0.717) is 22.3 Å². The fraction of sp³-hybridized carbons (Fsp3) is 0.353. The van der Waals surface area contributed by atoms with E-state index in [2.05, 4.69) is 27.8 Å². The lowest BCUT2D eigenvalue weighted by atomic mass is 10.2. The summed E-state index contributed by atoms with van der Waals surface area (Å²) in [6, 6.07) is 6.79. The van der Waals surface area contributed by atoms with Gasteiger partial charge in [-0.1, -0.05) is 24.9 Å². The number of anilines is 2. The molecule has 0 spiro atoms. The maximum atomic E-state index is 12.3. The highest BCUT2D eigenvalue weighted by atomic mass is 35.5. The van der Waals surface area contributed by atoms with Crippen molar-refractivity contribution in [1.82, 2.24) is 10.2 Å². The minimum atomic E-state index is -0.359. The number of hydrogen-bond donors (Lipinski definition) is 2. The second-order valence-electron chi connectivity index (χ2n) is 5.34. The summed E-state index contributed by atoms with van der Waals surface area (Å²) in [5, 5.41) is 14.5. The minimum Gasteiger partial charge on any atom is -0.495 e. The molecule has 6 nitrogen and oxygen atoms in total. The molecule has 0 radical (unpaired) electrons. The normalized spacial score (nSPS) is 10.3. The molecular formula is C17H21ClN4O2. The van der Waals surface area contributed by atoms with Crippen molar-refractivity contribution in [2.24, 2.45) is 0 Å². The van der Waals surface area contributed by atoms with Crippen LogP contribution in [0.4, 0.5) is 11.5 Å². The molecule has 1 amide bonds. The van der Waals surface area contributed by atoms with Crippen LogP contribution in [0.5, 0.6) is 5.75 Å². The van der Waals surface area contributed by atoms with Gasteiger partial charge in [-0.05, 0) is 37.1 Å². The minimum absolute atomic E-state index is 0.227. The third-order valence-corrected chi connectivity index (χ3v) is 3.87. The summed E-state index contributed by atoms with van der Waals surface area (Å²) in [6.07, 6.45) is 2.16. The maximum Gasteiger partial charge on any atom is 0.276 e. The number of halogens is 1. The maximum absolute atomic E-state index is 12.3. The van der Waals surface area contributed by atoms with Crippen LogP contribution in [-0.2, 0) is 0 Å². The first-order chi connectivity index (χ1) is 11.5. The van der Waals surface area contributed by atoms with Gasteiger partial charge in [-0.25, -0.2) is 0 Å². The molecule has 2 N–H and O–H groups in total. The molecule has 1 aromatic heterocycles. The molecule has 7 heteroatoms. The summed E-state index contributed by atoms with van der Waals surface area (Å²) in [5.74, 6) is 0.785. The lowest BCUT2D eigenvalue weighted by Gasteiger charge is -2.12. The van der Waals surface area contributed by atoms with Crippen LogP contribution in [0.15, 0.2) is 24.3 Å². The molecular weight excluding hydrogens is 328 g/mol. The van der Waals surface area contributed by atoms with E-state index in [9.17, 15) is 4.79 Å². The largest absolute Gasteiger partial charge is 0.495 e. The highest BCUT2D eigenvalue weighted by molar-refractivity contribution is 6.31. The van der Waals surface area contributed by atoms with E-state index < -0.39 is 0 Å². The van der Waals surface area contributed by atoms with Gasteiger partial charge in [0.2, 0.25) is 0 Å². The highest BCUT2D eigenvalue weighted by Gasteiger charge is 2.13. The van der Waals surface area contributed by atoms with E-state index in [1.54, 1.807) is 24.3 Å². The van der Waals surface area contributed by atoms with E-state index in [1.165, 1.54) is 7.11 Å². The number of aryl methyl sites for hydroxylation is 1. The fourth-order valence-corrected chi connectivity index (χ4v) is 2.21. The lowest BCUT2D eigenvalue weighted by Crippen LogP contribution is -2.15. The van der Waals surface area contributed by atoms with Gasteiger partial charge < -0.3 is 15.4 Å². The first-order valence-electron chi connectivity index (χ1n) is 7.78. The van der Waals surface area contributed by atoms with Gasteiger partial charge in [-0.2, -0.15) is 0 Å². The number of rotatable bonds is 7. The molecule has 0 atom stereocenters. The summed E-state index contributed by atoms with van der Waals surface area (Å²) < 4.78 is 5.25. The van der Waals surface area contributed by atoms with Crippen LogP contribution >= 0.6 is 11.6 Å². The third kappa shape index (κ3) is 4.58. The zero-order valence-corrected chi connectivity index (χ0v) is 14.8. The Bertz CT molecular complexity index is 704. The Balaban J connectivity index is 2.08. The number of ether oxygens (including phenoxy) is 1. The number of methoxy groups -OCH3 is 1. The topological polar surface area (TPSA) is 76.1 Å². The van der Waals surface area contributed by atoms with E-state index in [-0.39, 0.29) is 11.6 Å². The molecule has 2 rings (SSSR count). The third-order valence-electron chi connectivity index (χ3n) is 3.46. The van der Waals surface area contributed by atoms with Gasteiger partial charge in [0.1, 0.15) is 11.6 Å². The number of unbranched alkanes of at least 4 members (excludes halogenated alkanes) is 1. The molecule has 0 aliphatic carbocycles.